The molecule has 18 heteroatoms. The third-order valence-corrected chi connectivity index (χ3v) is 11.0. The Morgan fingerprint density at radius 2 is 1.34 bits per heavy atom. The van der Waals surface area contributed by atoms with Gasteiger partial charge in [0.15, 0.2) is 0 Å². The molecule has 6 rings (SSSR count). The minimum Gasteiger partial charge on any atom is -0.368 e. The number of nitrogens with one attached hydrogen (secondary N) is 7. The molecule has 0 radical (unpaired) electrons. The first-order valence-corrected chi connectivity index (χ1v) is 21.5. The molecule has 0 aliphatic carbocycles. The van der Waals surface area contributed by atoms with Crippen molar-refractivity contribution in [3.8, 4) is 0 Å². The van der Waals surface area contributed by atoms with Gasteiger partial charge in [-0.3, -0.25) is 29.4 Å². The van der Waals surface area contributed by atoms with Crippen molar-refractivity contribution in [2.24, 2.45) is 17.2 Å². The molecule has 18 nitrogen and oxygen atoms in total. The summed E-state index contributed by atoms with van der Waals surface area (Å²) >= 11 is 0. The number of rotatable bonds is 21. The highest BCUT2D eigenvalue weighted by molar-refractivity contribution is 5.96. The number of unbranched alkanes of at least 4 members (excludes halogenated alkanes) is 1. The fraction of sp³-hybridized carbons (Fsp3) is 0.298. The zero-order valence-corrected chi connectivity index (χ0v) is 36.1. The summed E-state index contributed by atoms with van der Waals surface area (Å²) in [4.78, 5) is 92.5. The number of amides is 7. The lowest BCUT2D eigenvalue weighted by atomic mass is 10.0. The molecule has 65 heavy (non-hydrogen) atoms. The van der Waals surface area contributed by atoms with Gasteiger partial charge in [-0.15, -0.1) is 0 Å². The van der Waals surface area contributed by atoms with Crippen LogP contribution in [0.3, 0.4) is 0 Å². The third kappa shape index (κ3) is 13.0. The van der Waals surface area contributed by atoms with Gasteiger partial charge in [0.05, 0.1) is 18.9 Å². The normalized spacial score (nSPS) is 13.5. The SMILES string of the molecule is C[C@H](NC(=O)N(Cc1cccc2ccccc12)NC(=O)C(N)Cc1cnc[nH]1)C(=O)N[C@@H](Cc1c[nH]c2ccccc12)C(=O)N[C@H](Cc1ccccc1)C(=O)N[C@@H](CCCCN)C(N)=O. The number of H-pyrrole nitrogens is 2. The van der Waals surface area contributed by atoms with Crippen LogP contribution in [0.2, 0.25) is 0 Å². The second-order valence-corrected chi connectivity index (χ2v) is 15.9. The number of urea groups is 1. The largest absolute Gasteiger partial charge is 0.368 e. The first-order chi connectivity index (χ1) is 31.4. The molecule has 7 amide bonds. The van der Waals surface area contributed by atoms with Crippen molar-refractivity contribution in [2.45, 2.75) is 82.2 Å². The third-order valence-electron chi connectivity index (χ3n) is 11.0. The van der Waals surface area contributed by atoms with E-state index in [1.807, 2.05) is 72.8 Å². The summed E-state index contributed by atoms with van der Waals surface area (Å²) in [5, 5.41) is 14.6. The van der Waals surface area contributed by atoms with Crippen LogP contribution in [0.25, 0.3) is 21.7 Å². The monoisotopic (exact) mass is 884 g/mol. The van der Waals surface area contributed by atoms with Crippen molar-refractivity contribution in [1.82, 2.24) is 46.7 Å². The van der Waals surface area contributed by atoms with E-state index < -0.39 is 65.8 Å². The molecule has 2 heterocycles. The van der Waals surface area contributed by atoms with Crippen LogP contribution in [0.4, 0.5) is 4.79 Å². The predicted octanol–water partition coefficient (Wildman–Crippen LogP) is 2.10. The van der Waals surface area contributed by atoms with Gasteiger partial charge in [-0.25, -0.2) is 14.8 Å². The standard InChI is InChI=1S/C47H56N12O6/c1-29(54-47(65)59(58-44(62)37(49)24-34-26-51-28-53-34)27-32-16-11-15-31-14-5-6-17-35(31)32)43(61)56-41(23-33-25-52-38-19-8-7-18-36(33)38)46(64)57-40(22-30-12-3-2-4-13-30)45(63)55-39(42(50)60)20-9-10-21-48/h2-8,11-19,25-26,28-29,37,39-41,52H,9-10,20-24,27,48-49H2,1H3,(H2,50,60)(H,51,53)(H,54,65)(H,55,63)(H,56,61)(H,57,64)(H,58,62)/t29-,37?,39-,40+,41-/m0/s1. The molecule has 6 aromatic rings. The van der Waals surface area contributed by atoms with Gasteiger partial charge in [-0.1, -0.05) is 91.0 Å². The van der Waals surface area contributed by atoms with Gasteiger partial charge < -0.3 is 48.4 Å². The van der Waals surface area contributed by atoms with Crippen LogP contribution in [0.15, 0.2) is 116 Å². The first-order valence-electron chi connectivity index (χ1n) is 21.5. The molecule has 0 bridgehead atoms. The Hall–Kier alpha value is -7.57. The lowest BCUT2D eigenvalue weighted by molar-refractivity contribution is -0.133. The van der Waals surface area contributed by atoms with Crippen molar-refractivity contribution in [2.75, 3.05) is 6.54 Å². The molecule has 0 spiro atoms. The Balaban J connectivity index is 1.23. The van der Waals surface area contributed by atoms with Gasteiger partial charge in [0, 0.05) is 48.3 Å². The molecule has 1 unspecified atom stereocenters. The number of aromatic amines is 2. The number of carbonyl (C=O) groups is 6. The van der Waals surface area contributed by atoms with Crippen LogP contribution in [0.1, 0.15) is 48.6 Å². The van der Waals surface area contributed by atoms with E-state index in [2.05, 4.69) is 41.6 Å². The molecule has 4 aromatic carbocycles. The Morgan fingerprint density at radius 3 is 2.06 bits per heavy atom. The van der Waals surface area contributed by atoms with Gasteiger partial charge in [0.25, 0.3) is 5.91 Å². The maximum absolute atomic E-state index is 14.5. The number of para-hydroxylation sites is 1. The van der Waals surface area contributed by atoms with E-state index in [0.717, 1.165) is 32.2 Å². The highest BCUT2D eigenvalue weighted by atomic mass is 16.2. The number of hydrogen-bond donors (Lipinski definition) is 10. The van der Waals surface area contributed by atoms with Crippen LogP contribution < -0.4 is 43.9 Å². The van der Waals surface area contributed by atoms with Crippen molar-refractivity contribution in [3.05, 3.63) is 138 Å². The molecular formula is C47H56N12O6. The number of aromatic nitrogens is 3. The number of nitrogens with zero attached hydrogens (tertiary/aromatic N) is 2. The van der Waals surface area contributed by atoms with Crippen LogP contribution in [0, 0.1) is 0 Å². The van der Waals surface area contributed by atoms with Gasteiger partial charge in [0.1, 0.15) is 24.2 Å². The molecule has 0 aliphatic heterocycles. The van der Waals surface area contributed by atoms with Crippen LogP contribution in [-0.2, 0) is 49.8 Å². The van der Waals surface area contributed by atoms with Gasteiger partial charge in [-0.05, 0) is 66.3 Å². The quantitative estimate of drug-likeness (QED) is 0.0374. The molecule has 13 N–H and O–H groups in total. The number of benzene rings is 4. The predicted molar refractivity (Wildman–Crippen MR) is 246 cm³/mol. The fourth-order valence-corrected chi connectivity index (χ4v) is 7.44. The number of hydrazine groups is 1. The summed E-state index contributed by atoms with van der Waals surface area (Å²) in [6, 6.07) is 23.0. The number of fused-ring (bicyclic) bond motifs is 2. The lowest BCUT2D eigenvalue weighted by Crippen LogP contribution is -2.60. The van der Waals surface area contributed by atoms with Crippen LogP contribution >= 0.6 is 0 Å². The Bertz CT molecular complexity index is 2560. The van der Waals surface area contributed by atoms with Crippen LogP contribution in [0.5, 0.6) is 0 Å². The average molecular weight is 885 g/mol. The second-order valence-electron chi connectivity index (χ2n) is 15.9. The highest BCUT2D eigenvalue weighted by Gasteiger charge is 2.32. The van der Waals surface area contributed by atoms with Crippen LogP contribution in [-0.4, -0.2) is 92.3 Å². The Labute approximate surface area is 375 Å². The Kier molecular flexibility index (Phi) is 16.4. The summed E-state index contributed by atoms with van der Waals surface area (Å²) in [7, 11) is 0. The average Bonchev–Trinajstić information content (AvgIpc) is 3.98. The van der Waals surface area contributed by atoms with E-state index in [4.69, 9.17) is 17.2 Å². The number of nitrogens with two attached hydrogens (primary N) is 3. The lowest BCUT2D eigenvalue weighted by Gasteiger charge is -2.28. The van der Waals surface area contributed by atoms with E-state index >= 15 is 0 Å². The van der Waals surface area contributed by atoms with Crippen molar-refractivity contribution < 1.29 is 28.8 Å². The molecule has 2 aromatic heterocycles. The van der Waals surface area contributed by atoms with Gasteiger partial charge in [0.2, 0.25) is 23.6 Å². The maximum atomic E-state index is 14.5. The number of carbonyl (C=O) groups excluding carboxylic acids is 6. The number of primary amides is 1. The summed E-state index contributed by atoms with van der Waals surface area (Å²) in [6.07, 6.45) is 6.32. The van der Waals surface area contributed by atoms with Crippen molar-refractivity contribution in [3.63, 3.8) is 0 Å². The van der Waals surface area contributed by atoms with E-state index in [-0.39, 0.29) is 32.2 Å². The van der Waals surface area contributed by atoms with Crippen molar-refractivity contribution in [1.29, 1.82) is 0 Å². The summed E-state index contributed by atoms with van der Waals surface area (Å²) in [5.74, 6) is -3.46. The zero-order valence-electron chi connectivity index (χ0n) is 36.1. The summed E-state index contributed by atoms with van der Waals surface area (Å²) < 4.78 is 0. The zero-order chi connectivity index (χ0) is 46.3. The summed E-state index contributed by atoms with van der Waals surface area (Å²) in [6.45, 7) is 1.75. The Morgan fingerprint density at radius 1 is 0.677 bits per heavy atom. The van der Waals surface area contributed by atoms with Crippen molar-refractivity contribution >= 4 is 57.2 Å². The van der Waals surface area contributed by atoms with E-state index in [9.17, 15) is 28.8 Å². The number of imidazole rings is 1. The molecule has 0 aliphatic rings. The van der Waals surface area contributed by atoms with E-state index in [1.54, 1.807) is 36.7 Å². The first kappa shape index (κ1) is 46.9. The summed E-state index contributed by atoms with van der Waals surface area (Å²) in [5.41, 5.74) is 23.7. The molecule has 340 valence electrons. The molecule has 5 atom stereocenters. The van der Waals surface area contributed by atoms with Gasteiger partial charge >= 0.3 is 6.03 Å². The molecule has 0 fully saturated rings. The molecular weight excluding hydrogens is 829 g/mol. The second kappa shape index (κ2) is 22.7. The minimum absolute atomic E-state index is 0.0115. The molecule has 0 saturated heterocycles. The van der Waals surface area contributed by atoms with E-state index in [1.165, 1.54) is 13.3 Å². The topological polar surface area (TPSA) is 288 Å². The highest BCUT2D eigenvalue weighted by Crippen LogP contribution is 2.21. The fourth-order valence-electron chi connectivity index (χ4n) is 7.44. The minimum atomic E-state index is -1.27. The smallest absolute Gasteiger partial charge is 0.337 e. The number of hydrogen-bond acceptors (Lipinski definition) is 9. The maximum Gasteiger partial charge on any atom is 0.337 e. The van der Waals surface area contributed by atoms with Gasteiger partial charge in [-0.2, -0.15) is 0 Å². The van der Waals surface area contributed by atoms with E-state index in [0.29, 0.717) is 36.2 Å². The molecule has 0 saturated carbocycles.